The molecule has 0 radical (unpaired) electrons. The fraction of sp³-hybridized carbons (Fsp3) is 0.333. The molecular weight excluding hydrogens is 322 g/mol. The second-order valence-electron chi connectivity index (χ2n) is 5.03. The first-order chi connectivity index (χ1) is 10.5. The van der Waals surface area contributed by atoms with Crippen molar-refractivity contribution in [1.82, 2.24) is 15.2 Å². The Hall–Kier alpha value is -2.41. The summed E-state index contributed by atoms with van der Waals surface area (Å²) >= 11 is 0. The number of hydrogen-bond acceptors (Lipinski definition) is 4. The number of nitrogens with zero attached hydrogens (tertiary/aromatic N) is 2. The molecule has 2 rings (SSSR count). The van der Waals surface area contributed by atoms with Gasteiger partial charge in [-0.3, -0.25) is 19.4 Å². The molecule has 1 unspecified atom stereocenters. The summed E-state index contributed by atoms with van der Waals surface area (Å²) in [4.78, 5) is 39.8. The zero-order chi connectivity index (χ0) is 16.1. The number of rotatable bonds is 4. The molecule has 2 amide bonds. The van der Waals surface area contributed by atoms with Crippen LogP contribution < -0.4 is 5.32 Å². The fourth-order valence-electron chi connectivity index (χ4n) is 2.25. The van der Waals surface area contributed by atoms with E-state index in [0.29, 0.717) is 24.1 Å². The highest BCUT2D eigenvalue weighted by Gasteiger charge is 2.29. The van der Waals surface area contributed by atoms with Crippen LogP contribution >= 0.6 is 12.4 Å². The smallest absolute Gasteiger partial charge is 0.308 e. The molecule has 1 atom stereocenters. The van der Waals surface area contributed by atoms with Gasteiger partial charge in [-0.05, 0) is 24.1 Å². The van der Waals surface area contributed by atoms with E-state index in [1.54, 1.807) is 18.3 Å². The number of hydrogen-bond donors (Lipinski definition) is 2. The third-order valence-electron chi connectivity index (χ3n) is 3.52. The predicted octanol–water partition coefficient (Wildman–Crippen LogP) is 0.809. The lowest BCUT2D eigenvalue weighted by molar-refractivity contribution is -0.141. The van der Waals surface area contributed by atoms with E-state index in [1.165, 1.54) is 24.2 Å². The van der Waals surface area contributed by atoms with E-state index < -0.39 is 11.9 Å². The number of carbonyl (C=O) groups excluding carboxylic acids is 2. The average Bonchev–Trinajstić information content (AvgIpc) is 3.02. The van der Waals surface area contributed by atoms with Gasteiger partial charge in [0.1, 0.15) is 0 Å². The van der Waals surface area contributed by atoms with Crippen LogP contribution in [-0.2, 0) is 9.59 Å². The normalized spacial score (nSPS) is 16.9. The van der Waals surface area contributed by atoms with Crippen LogP contribution in [0.3, 0.4) is 0 Å². The molecule has 23 heavy (non-hydrogen) atoms. The van der Waals surface area contributed by atoms with Crippen LogP contribution in [0.15, 0.2) is 24.5 Å². The van der Waals surface area contributed by atoms with E-state index in [-0.39, 0.29) is 30.8 Å². The van der Waals surface area contributed by atoms with E-state index in [4.69, 9.17) is 5.11 Å². The molecule has 1 aromatic rings. The van der Waals surface area contributed by atoms with Crippen molar-refractivity contribution in [3.63, 3.8) is 0 Å². The molecular formula is C15H18ClN3O4. The Labute approximate surface area is 139 Å². The van der Waals surface area contributed by atoms with Crippen LogP contribution in [0.4, 0.5) is 0 Å². The molecule has 1 aliphatic heterocycles. The molecule has 1 saturated heterocycles. The molecule has 1 fully saturated rings. The summed E-state index contributed by atoms with van der Waals surface area (Å²) in [6.45, 7) is 0.672. The number of carbonyl (C=O) groups is 3. The number of amides is 2. The van der Waals surface area contributed by atoms with Gasteiger partial charge in [0.15, 0.2) is 0 Å². The van der Waals surface area contributed by atoms with Gasteiger partial charge >= 0.3 is 5.97 Å². The minimum atomic E-state index is -0.873. The molecule has 1 aliphatic rings. The van der Waals surface area contributed by atoms with Gasteiger partial charge in [-0.1, -0.05) is 0 Å². The highest BCUT2D eigenvalue weighted by molar-refractivity contribution is 5.95. The zero-order valence-electron chi connectivity index (χ0n) is 12.6. The summed E-state index contributed by atoms with van der Waals surface area (Å²) in [5.41, 5.74) is 1.03. The van der Waals surface area contributed by atoms with E-state index >= 15 is 0 Å². The second-order valence-corrected chi connectivity index (χ2v) is 5.03. The predicted molar refractivity (Wildman–Crippen MR) is 86.2 cm³/mol. The Morgan fingerprint density at radius 1 is 1.39 bits per heavy atom. The first-order valence-electron chi connectivity index (χ1n) is 6.88. The van der Waals surface area contributed by atoms with Gasteiger partial charge in [0.2, 0.25) is 5.91 Å². The summed E-state index contributed by atoms with van der Waals surface area (Å²) in [5, 5.41) is 11.4. The Morgan fingerprint density at radius 2 is 2.13 bits per heavy atom. The molecule has 2 N–H and O–H groups in total. The molecule has 2 heterocycles. The van der Waals surface area contributed by atoms with Crippen molar-refractivity contribution in [3.8, 4) is 0 Å². The maximum atomic E-state index is 12.0. The fourth-order valence-corrected chi connectivity index (χ4v) is 2.25. The first-order valence-corrected chi connectivity index (χ1v) is 6.88. The van der Waals surface area contributed by atoms with Gasteiger partial charge in [-0.15, -0.1) is 12.4 Å². The Balaban J connectivity index is 0.00000264. The maximum Gasteiger partial charge on any atom is 0.308 e. The number of carboxylic acids is 1. The number of nitrogens with one attached hydrogen (secondary N) is 1. The number of aliphatic carboxylic acids is 1. The van der Waals surface area contributed by atoms with Crippen LogP contribution in [0.1, 0.15) is 22.3 Å². The summed E-state index contributed by atoms with van der Waals surface area (Å²) < 4.78 is 0. The number of likely N-dealkylation sites (tertiary alicyclic amines) is 1. The lowest BCUT2D eigenvalue weighted by atomic mass is 10.1. The average molecular weight is 340 g/mol. The molecule has 0 aromatic carbocycles. The van der Waals surface area contributed by atoms with Crippen molar-refractivity contribution < 1.29 is 19.5 Å². The molecule has 7 nitrogen and oxygen atoms in total. The Bertz CT molecular complexity index is 633. The SMILES string of the molecule is CNC(=O)c1cncc(C=CC(=O)N2CCC(C(=O)O)C2)c1.Cl. The largest absolute Gasteiger partial charge is 0.481 e. The van der Waals surface area contributed by atoms with Gasteiger partial charge in [0.05, 0.1) is 11.5 Å². The van der Waals surface area contributed by atoms with Crippen molar-refractivity contribution >= 4 is 36.3 Å². The Morgan fingerprint density at radius 3 is 2.74 bits per heavy atom. The first kappa shape index (κ1) is 18.6. The second kappa shape index (κ2) is 8.28. The molecule has 124 valence electrons. The van der Waals surface area contributed by atoms with Crippen molar-refractivity contribution in [3.05, 3.63) is 35.7 Å². The molecule has 8 heteroatoms. The van der Waals surface area contributed by atoms with Gasteiger partial charge in [-0.25, -0.2) is 0 Å². The summed E-state index contributed by atoms with van der Waals surface area (Å²) in [6, 6.07) is 1.62. The zero-order valence-corrected chi connectivity index (χ0v) is 13.4. The lowest BCUT2D eigenvalue weighted by Gasteiger charge is -2.12. The highest BCUT2D eigenvalue weighted by Crippen LogP contribution is 2.17. The molecule has 0 aliphatic carbocycles. The Kier molecular flexibility index (Phi) is 6.71. The number of halogens is 1. The van der Waals surface area contributed by atoms with Crippen molar-refractivity contribution in [1.29, 1.82) is 0 Å². The number of pyridine rings is 1. The molecule has 0 spiro atoms. The van der Waals surface area contributed by atoms with Crippen LogP contribution in [0.2, 0.25) is 0 Å². The highest BCUT2D eigenvalue weighted by atomic mass is 35.5. The molecule has 0 saturated carbocycles. The lowest BCUT2D eigenvalue weighted by Crippen LogP contribution is -2.28. The maximum absolute atomic E-state index is 12.0. The van der Waals surface area contributed by atoms with Gasteiger partial charge in [0, 0.05) is 38.6 Å². The van der Waals surface area contributed by atoms with Crippen molar-refractivity contribution in [2.75, 3.05) is 20.1 Å². The monoisotopic (exact) mass is 339 g/mol. The molecule has 0 bridgehead atoms. The van der Waals surface area contributed by atoms with E-state index in [0.717, 1.165) is 0 Å². The van der Waals surface area contributed by atoms with Crippen LogP contribution in [-0.4, -0.2) is 52.9 Å². The van der Waals surface area contributed by atoms with Crippen LogP contribution in [0.5, 0.6) is 0 Å². The van der Waals surface area contributed by atoms with Crippen LogP contribution in [0, 0.1) is 5.92 Å². The minimum absolute atomic E-state index is 0. The van der Waals surface area contributed by atoms with E-state index in [2.05, 4.69) is 10.3 Å². The quantitative estimate of drug-likeness (QED) is 0.791. The number of carboxylic acid groups (broad SMARTS) is 1. The van der Waals surface area contributed by atoms with Crippen molar-refractivity contribution in [2.24, 2.45) is 5.92 Å². The summed E-state index contributed by atoms with van der Waals surface area (Å²) in [5.74, 6) is -1.86. The van der Waals surface area contributed by atoms with Gasteiger partial charge in [-0.2, -0.15) is 0 Å². The third kappa shape index (κ3) is 4.79. The standard InChI is InChI=1S/C15H17N3O4.ClH/c1-16-14(20)12-6-10(7-17-8-12)2-3-13(19)18-5-4-11(9-18)15(21)22;/h2-3,6-8,11H,4-5,9H2,1H3,(H,16,20)(H,21,22);1H. The summed E-state index contributed by atoms with van der Waals surface area (Å²) in [7, 11) is 1.53. The topological polar surface area (TPSA) is 99.6 Å². The molecule has 1 aromatic heterocycles. The third-order valence-corrected chi connectivity index (χ3v) is 3.52. The van der Waals surface area contributed by atoms with Crippen molar-refractivity contribution in [2.45, 2.75) is 6.42 Å². The van der Waals surface area contributed by atoms with Gasteiger partial charge < -0.3 is 15.3 Å². The van der Waals surface area contributed by atoms with Crippen LogP contribution in [0.25, 0.3) is 6.08 Å². The number of aromatic nitrogens is 1. The minimum Gasteiger partial charge on any atom is -0.481 e. The van der Waals surface area contributed by atoms with E-state index in [1.807, 2.05) is 0 Å². The van der Waals surface area contributed by atoms with E-state index in [9.17, 15) is 14.4 Å². The summed E-state index contributed by atoms with van der Waals surface area (Å²) in [6.07, 6.45) is 6.39. The van der Waals surface area contributed by atoms with Gasteiger partial charge in [0.25, 0.3) is 5.91 Å².